The Labute approximate surface area is 76.2 Å². The first-order chi connectivity index (χ1) is 5.88. The van der Waals surface area contributed by atoms with Crippen LogP contribution in [0.1, 0.15) is 31.5 Å². The molecule has 2 N–H and O–H groups in total. The van der Waals surface area contributed by atoms with Crippen molar-refractivity contribution in [2.24, 2.45) is 5.14 Å². The molecule has 1 aromatic heterocycles. The van der Waals surface area contributed by atoms with Gasteiger partial charge in [0, 0.05) is 5.92 Å². The van der Waals surface area contributed by atoms with Crippen molar-refractivity contribution >= 4 is 10.0 Å². The van der Waals surface area contributed by atoms with Crippen LogP contribution in [-0.4, -0.2) is 18.6 Å². The first-order valence-corrected chi connectivity index (χ1v) is 5.43. The van der Waals surface area contributed by atoms with E-state index in [0.717, 1.165) is 0 Å². The molecule has 6 nitrogen and oxygen atoms in total. The first kappa shape index (κ1) is 10.1. The molecular formula is C6H11N3O3S. The molecule has 1 rings (SSSR count). The number of aromatic nitrogens is 2. The Hall–Kier alpha value is -0.950. The molecule has 13 heavy (non-hydrogen) atoms. The standard InChI is InChI=1S/C6H11N3O3S/c1-4(2)6-8-5(12-9-6)3-13(7,10)11/h4H,3H2,1-2H3,(H2,7,10,11). The topological polar surface area (TPSA) is 99.1 Å². The van der Waals surface area contributed by atoms with Crippen molar-refractivity contribution in [2.45, 2.75) is 25.5 Å². The van der Waals surface area contributed by atoms with Gasteiger partial charge < -0.3 is 4.52 Å². The largest absolute Gasteiger partial charge is 0.338 e. The van der Waals surface area contributed by atoms with Gasteiger partial charge in [-0.25, -0.2) is 13.6 Å². The van der Waals surface area contributed by atoms with Crippen LogP contribution in [0.2, 0.25) is 0 Å². The minimum atomic E-state index is -3.59. The minimum absolute atomic E-state index is 0.0335. The van der Waals surface area contributed by atoms with Gasteiger partial charge in [0.05, 0.1) is 0 Å². The molecule has 0 amide bonds. The third kappa shape index (κ3) is 3.11. The lowest BCUT2D eigenvalue weighted by Gasteiger charge is -1.92. The monoisotopic (exact) mass is 205 g/mol. The molecule has 74 valence electrons. The Morgan fingerprint density at radius 2 is 2.15 bits per heavy atom. The molecule has 0 saturated carbocycles. The molecule has 0 aliphatic carbocycles. The smallest absolute Gasteiger partial charge is 0.243 e. The number of nitrogens with zero attached hydrogens (tertiary/aromatic N) is 2. The summed E-state index contributed by atoms with van der Waals surface area (Å²) in [7, 11) is -3.59. The van der Waals surface area contributed by atoms with E-state index in [2.05, 4.69) is 14.7 Å². The zero-order chi connectivity index (χ0) is 10.1. The molecule has 0 aromatic carbocycles. The Balaban J connectivity index is 2.81. The lowest BCUT2D eigenvalue weighted by molar-refractivity contribution is 0.380. The Morgan fingerprint density at radius 3 is 2.54 bits per heavy atom. The molecule has 0 spiro atoms. The number of nitrogens with two attached hydrogens (primary N) is 1. The highest BCUT2D eigenvalue weighted by Gasteiger charge is 2.14. The number of primary sulfonamides is 1. The third-order valence-corrected chi connectivity index (χ3v) is 1.97. The maximum atomic E-state index is 10.6. The van der Waals surface area contributed by atoms with Gasteiger partial charge in [-0.3, -0.25) is 0 Å². The van der Waals surface area contributed by atoms with Crippen LogP contribution in [0.25, 0.3) is 0 Å². The maximum Gasteiger partial charge on any atom is 0.243 e. The summed E-state index contributed by atoms with van der Waals surface area (Å²) < 4.78 is 25.9. The summed E-state index contributed by atoms with van der Waals surface area (Å²) in [4.78, 5) is 3.86. The molecule has 1 heterocycles. The van der Waals surface area contributed by atoms with Gasteiger partial charge in [0.2, 0.25) is 15.9 Å². The SMILES string of the molecule is CC(C)c1noc(CS(N)(=O)=O)n1. The summed E-state index contributed by atoms with van der Waals surface area (Å²) in [6.07, 6.45) is 0. The molecular weight excluding hydrogens is 194 g/mol. The van der Waals surface area contributed by atoms with Crippen molar-refractivity contribution in [3.8, 4) is 0 Å². The molecule has 0 unspecified atom stereocenters. The second-order valence-corrected chi connectivity index (χ2v) is 4.62. The van der Waals surface area contributed by atoms with Crippen molar-refractivity contribution in [3.63, 3.8) is 0 Å². The lowest BCUT2D eigenvalue weighted by atomic mass is 10.2. The number of hydrogen-bond acceptors (Lipinski definition) is 5. The van der Waals surface area contributed by atoms with Crippen molar-refractivity contribution in [1.82, 2.24) is 10.1 Å². The second-order valence-electron chi connectivity index (χ2n) is 3.01. The van der Waals surface area contributed by atoms with Crippen LogP contribution in [-0.2, 0) is 15.8 Å². The highest BCUT2D eigenvalue weighted by molar-refractivity contribution is 7.88. The third-order valence-electron chi connectivity index (χ3n) is 1.32. The highest BCUT2D eigenvalue weighted by Crippen LogP contribution is 2.10. The van der Waals surface area contributed by atoms with Crippen molar-refractivity contribution in [2.75, 3.05) is 0 Å². The van der Waals surface area contributed by atoms with Crippen LogP contribution in [0.4, 0.5) is 0 Å². The molecule has 0 saturated heterocycles. The number of sulfonamides is 1. The van der Waals surface area contributed by atoms with E-state index in [9.17, 15) is 8.42 Å². The van der Waals surface area contributed by atoms with Gasteiger partial charge in [-0.15, -0.1) is 0 Å². The van der Waals surface area contributed by atoms with E-state index in [1.165, 1.54) is 0 Å². The van der Waals surface area contributed by atoms with Gasteiger partial charge in [-0.1, -0.05) is 19.0 Å². The van der Waals surface area contributed by atoms with Gasteiger partial charge in [0.15, 0.2) is 5.82 Å². The van der Waals surface area contributed by atoms with E-state index < -0.39 is 15.8 Å². The Morgan fingerprint density at radius 1 is 1.54 bits per heavy atom. The fourth-order valence-electron chi connectivity index (χ4n) is 0.733. The van der Waals surface area contributed by atoms with Gasteiger partial charge >= 0.3 is 0 Å². The van der Waals surface area contributed by atoms with E-state index in [1.54, 1.807) is 0 Å². The maximum absolute atomic E-state index is 10.6. The number of hydrogen-bond donors (Lipinski definition) is 1. The Bertz CT molecular complexity index is 382. The molecule has 7 heteroatoms. The fourth-order valence-corrected chi connectivity index (χ4v) is 1.19. The van der Waals surface area contributed by atoms with Crippen LogP contribution in [0.3, 0.4) is 0 Å². The van der Waals surface area contributed by atoms with Crippen LogP contribution in [0, 0.1) is 0 Å². The normalized spacial score (nSPS) is 12.3. The molecule has 0 atom stereocenters. The summed E-state index contributed by atoms with van der Waals surface area (Å²) in [5, 5.41) is 8.39. The quantitative estimate of drug-likeness (QED) is 0.747. The molecule has 0 aliphatic rings. The minimum Gasteiger partial charge on any atom is -0.338 e. The summed E-state index contributed by atoms with van der Waals surface area (Å²) in [6, 6.07) is 0. The van der Waals surface area contributed by atoms with Crippen LogP contribution < -0.4 is 5.14 Å². The zero-order valence-corrected chi connectivity index (χ0v) is 8.21. The molecule has 1 aromatic rings. The highest BCUT2D eigenvalue weighted by atomic mass is 32.2. The average Bonchev–Trinajstić information content (AvgIpc) is 2.31. The Kier molecular flexibility index (Phi) is 2.67. The summed E-state index contributed by atoms with van der Waals surface area (Å²) >= 11 is 0. The fraction of sp³-hybridized carbons (Fsp3) is 0.667. The second kappa shape index (κ2) is 3.43. The van der Waals surface area contributed by atoms with Crippen molar-refractivity contribution in [1.29, 1.82) is 0 Å². The first-order valence-electron chi connectivity index (χ1n) is 3.71. The molecule has 0 aliphatic heterocycles. The number of rotatable bonds is 3. The van der Waals surface area contributed by atoms with Gasteiger partial charge in [-0.05, 0) is 0 Å². The van der Waals surface area contributed by atoms with Gasteiger partial charge in [-0.2, -0.15) is 4.98 Å². The van der Waals surface area contributed by atoms with E-state index in [-0.39, 0.29) is 11.8 Å². The van der Waals surface area contributed by atoms with Gasteiger partial charge in [0.1, 0.15) is 5.75 Å². The van der Waals surface area contributed by atoms with Crippen molar-refractivity contribution < 1.29 is 12.9 Å². The van der Waals surface area contributed by atoms with Crippen molar-refractivity contribution in [3.05, 3.63) is 11.7 Å². The van der Waals surface area contributed by atoms with E-state index in [4.69, 9.17) is 5.14 Å². The van der Waals surface area contributed by atoms with E-state index in [0.29, 0.717) is 5.82 Å². The van der Waals surface area contributed by atoms with E-state index >= 15 is 0 Å². The molecule has 0 radical (unpaired) electrons. The summed E-state index contributed by atoms with van der Waals surface area (Å²) in [5.41, 5.74) is 0. The molecule has 0 bridgehead atoms. The van der Waals surface area contributed by atoms with Crippen LogP contribution >= 0.6 is 0 Å². The summed E-state index contributed by atoms with van der Waals surface area (Å²) in [6.45, 7) is 3.76. The van der Waals surface area contributed by atoms with Gasteiger partial charge in [0.25, 0.3) is 0 Å². The van der Waals surface area contributed by atoms with Crippen LogP contribution in [0.5, 0.6) is 0 Å². The average molecular weight is 205 g/mol. The predicted molar refractivity (Wildman–Crippen MR) is 45.2 cm³/mol. The molecule has 0 fully saturated rings. The van der Waals surface area contributed by atoms with E-state index in [1.807, 2.05) is 13.8 Å². The zero-order valence-electron chi connectivity index (χ0n) is 7.39. The lowest BCUT2D eigenvalue weighted by Crippen LogP contribution is -2.14. The summed E-state index contributed by atoms with van der Waals surface area (Å²) in [5.74, 6) is 0.218. The predicted octanol–water partition coefficient (Wildman–Crippen LogP) is -0.0185. The van der Waals surface area contributed by atoms with Crippen LogP contribution in [0.15, 0.2) is 4.52 Å².